The van der Waals surface area contributed by atoms with E-state index < -0.39 is 8.50 Å². The van der Waals surface area contributed by atoms with Gasteiger partial charge in [-0.25, -0.2) is 9.97 Å². The molecule has 0 aromatic carbocycles. The van der Waals surface area contributed by atoms with Gasteiger partial charge in [0.25, 0.3) is 0 Å². The molecule has 0 unspecified atom stereocenters. The Hall–Kier alpha value is 0.680. The summed E-state index contributed by atoms with van der Waals surface area (Å²) in [6.45, 7) is 3.64. The molecule has 1 rings (SSSR count). The maximum Gasteiger partial charge on any atom is 0.203 e. The Balaban J connectivity index is 2.63. The molecule has 0 fully saturated rings. The second kappa shape index (κ2) is 7.31. The smallest absolute Gasteiger partial charge is 0.203 e. The highest BCUT2D eigenvalue weighted by molar-refractivity contribution is 8.77. The monoisotopic (exact) mass is 348 g/mol. The third kappa shape index (κ3) is 5.45. The van der Waals surface area contributed by atoms with E-state index >= 15 is 0 Å². The van der Waals surface area contributed by atoms with Gasteiger partial charge in [-0.3, -0.25) is 0 Å². The van der Waals surface area contributed by atoms with E-state index in [0.717, 1.165) is 16.5 Å². The zero-order valence-corrected chi connectivity index (χ0v) is 13.1. The van der Waals surface area contributed by atoms with Gasteiger partial charge >= 0.3 is 0 Å². The van der Waals surface area contributed by atoms with Gasteiger partial charge in [-0.05, 0) is 27.7 Å². The van der Waals surface area contributed by atoms with Crippen molar-refractivity contribution in [1.29, 1.82) is 0 Å². The van der Waals surface area contributed by atoms with Gasteiger partial charge in [-0.2, -0.15) is 0 Å². The summed E-state index contributed by atoms with van der Waals surface area (Å²) in [6, 6.07) is 1.82. The molecular weight excluding hydrogens is 342 g/mol. The minimum Gasteiger partial charge on any atom is -0.230 e. The molecule has 1 aromatic heterocycles. The molecule has 0 atom stereocenters. The molecule has 1 heterocycles. The second-order valence-corrected chi connectivity index (χ2v) is 8.13. The average molecular weight is 350 g/mol. The van der Waals surface area contributed by atoms with Crippen molar-refractivity contribution in [2.24, 2.45) is 0 Å². The van der Waals surface area contributed by atoms with E-state index in [9.17, 15) is 0 Å². The first-order chi connectivity index (χ1) is 7.95. The fraction of sp³-hybridized carbons (Fsp3) is 0.333. The molecule has 0 saturated carbocycles. The van der Waals surface area contributed by atoms with Gasteiger partial charge in [-0.15, -0.1) is 29.8 Å². The maximum absolute atomic E-state index is 5.89. The van der Waals surface area contributed by atoms with Crippen LogP contribution < -0.4 is 0 Å². The van der Waals surface area contributed by atoms with Crippen LogP contribution in [0.2, 0.25) is 0 Å². The van der Waals surface area contributed by atoms with Crippen LogP contribution in [0.1, 0.15) is 5.69 Å². The Morgan fingerprint density at radius 1 is 1.47 bits per heavy atom. The zero-order chi connectivity index (χ0) is 12.9. The molecule has 0 bridgehead atoms. The Morgan fingerprint density at radius 2 is 2.18 bits per heavy atom. The summed E-state index contributed by atoms with van der Waals surface area (Å²) >= 11 is 23.0. The summed E-state index contributed by atoms with van der Waals surface area (Å²) in [4.78, 5) is 7.46. The van der Waals surface area contributed by atoms with Gasteiger partial charge in [0.2, 0.25) is 3.67 Å². The topological polar surface area (TPSA) is 25.8 Å². The Labute approximate surface area is 128 Å². The molecule has 0 spiro atoms. The van der Waals surface area contributed by atoms with Gasteiger partial charge in [-0.1, -0.05) is 29.3 Å². The summed E-state index contributed by atoms with van der Waals surface area (Å²) in [6.07, 6.45) is 4.11. The van der Waals surface area contributed by atoms with Crippen molar-refractivity contribution in [1.82, 2.24) is 9.97 Å². The minimum absolute atomic E-state index is 0.550. The number of nitrogens with zero attached hydrogens (tertiary/aromatic N) is 2. The Kier molecular flexibility index (Phi) is 6.77. The second-order valence-electron chi connectivity index (χ2n) is 2.85. The van der Waals surface area contributed by atoms with Crippen molar-refractivity contribution in [2.75, 3.05) is 0 Å². The first-order valence-electron chi connectivity index (χ1n) is 4.40. The normalized spacial score (nSPS) is 11.8. The molecular formula is C9H8Cl4N2S2. The molecule has 2 nitrogen and oxygen atoms in total. The fourth-order valence-corrected chi connectivity index (χ4v) is 3.56. The van der Waals surface area contributed by atoms with Crippen LogP contribution in [0.15, 0.2) is 30.1 Å². The molecule has 0 N–H and O–H groups in total. The van der Waals surface area contributed by atoms with Crippen molar-refractivity contribution in [2.45, 2.75) is 20.1 Å². The van der Waals surface area contributed by atoms with Crippen molar-refractivity contribution in [3.63, 3.8) is 0 Å². The van der Waals surface area contributed by atoms with Gasteiger partial charge in [0, 0.05) is 18.3 Å². The van der Waals surface area contributed by atoms with E-state index in [4.69, 9.17) is 46.4 Å². The van der Waals surface area contributed by atoms with Crippen LogP contribution >= 0.6 is 68.0 Å². The Bertz CT molecular complexity index is 387. The average Bonchev–Trinajstić information content (AvgIpc) is 2.27. The van der Waals surface area contributed by atoms with Crippen LogP contribution in [0.5, 0.6) is 0 Å². The summed E-state index contributed by atoms with van der Waals surface area (Å²) < 4.78 is -1.30. The molecule has 1 aromatic rings. The van der Waals surface area contributed by atoms with Gasteiger partial charge in [0.15, 0.2) is 9.99 Å². The van der Waals surface area contributed by atoms with Crippen molar-refractivity contribution < 1.29 is 0 Å². The van der Waals surface area contributed by atoms with Crippen LogP contribution in [-0.4, -0.2) is 18.5 Å². The molecule has 94 valence electrons. The van der Waals surface area contributed by atoms with E-state index in [1.165, 1.54) is 10.8 Å². The summed E-state index contributed by atoms with van der Waals surface area (Å²) in [5, 5.41) is 0.550. The van der Waals surface area contributed by atoms with E-state index in [-0.39, 0.29) is 0 Å². The number of hydrogen-bond acceptors (Lipinski definition) is 4. The molecule has 0 aliphatic rings. The number of aromatic nitrogens is 2. The maximum atomic E-state index is 5.89. The number of allylic oxidation sites excluding steroid dienone is 1. The number of alkyl halides is 4. The highest BCUT2D eigenvalue weighted by Gasteiger charge is 2.34. The lowest BCUT2D eigenvalue weighted by molar-refractivity contribution is 0.915. The van der Waals surface area contributed by atoms with Crippen LogP contribution in [0.3, 0.4) is 0 Å². The summed E-state index contributed by atoms with van der Waals surface area (Å²) in [5.74, 6) is 0. The van der Waals surface area contributed by atoms with Crippen LogP contribution in [-0.2, 0) is 6.42 Å². The van der Waals surface area contributed by atoms with Gasteiger partial charge in [0.05, 0.1) is 0 Å². The standard InChI is InChI=1S/C9H8Cl4N2S2/c1-2-3-6-4-5-14-8(15-6)16-17-9(12,13)7(10)11/h2,4-5,7H,1,3H2. The summed E-state index contributed by atoms with van der Waals surface area (Å²) in [7, 11) is 2.32. The lowest BCUT2D eigenvalue weighted by Crippen LogP contribution is -2.15. The predicted molar refractivity (Wildman–Crippen MR) is 79.3 cm³/mol. The predicted octanol–water partition coefficient (Wildman–Crippen LogP) is 4.88. The van der Waals surface area contributed by atoms with Crippen LogP contribution in [0.4, 0.5) is 0 Å². The highest BCUT2D eigenvalue weighted by atomic mass is 35.5. The zero-order valence-electron chi connectivity index (χ0n) is 8.45. The van der Waals surface area contributed by atoms with E-state index in [0.29, 0.717) is 11.6 Å². The largest absolute Gasteiger partial charge is 0.230 e. The summed E-state index contributed by atoms with van der Waals surface area (Å²) in [5.41, 5.74) is 0.876. The quantitative estimate of drug-likeness (QED) is 0.316. The molecule has 0 aliphatic heterocycles. The molecule has 0 amide bonds. The van der Waals surface area contributed by atoms with Gasteiger partial charge in [0.1, 0.15) is 0 Å². The van der Waals surface area contributed by atoms with Crippen LogP contribution in [0.25, 0.3) is 0 Å². The first-order valence-corrected chi connectivity index (χ1v) is 8.18. The van der Waals surface area contributed by atoms with E-state index in [1.54, 1.807) is 12.3 Å². The fourth-order valence-electron chi connectivity index (χ4n) is 0.807. The Morgan fingerprint density at radius 3 is 2.76 bits per heavy atom. The number of hydrogen-bond donors (Lipinski definition) is 0. The third-order valence-electron chi connectivity index (χ3n) is 1.53. The lowest BCUT2D eigenvalue weighted by atomic mass is 10.3. The van der Waals surface area contributed by atoms with Crippen molar-refractivity contribution >= 4 is 68.0 Å². The van der Waals surface area contributed by atoms with Crippen molar-refractivity contribution in [3.8, 4) is 0 Å². The lowest BCUT2D eigenvalue weighted by Gasteiger charge is -2.18. The minimum atomic E-state index is -1.30. The SMILES string of the molecule is C=CCc1ccnc(SSC(Cl)(Cl)C(Cl)Cl)n1. The highest BCUT2D eigenvalue weighted by Crippen LogP contribution is 2.50. The molecule has 8 heteroatoms. The number of rotatable bonds is 6. The van der Waals surface area contributed by atoms with Gasteiger partial charge < -0.3 is 0 Å². The third-order valence-corrected chi connectivity index (χ3v) is 6.71. The van der Waals surface area contributed by atoms with E-state index in [2.05, 4.69) is 16.5 Å². The first kappa shape index (κ1) is 15.7. The molecule has 0 radical (unpaired) electrons. The van der Waals surface area contributed by atoms with E-state index in [1.807, 2.05) is 6.07 Å². The van der Waals surface area contributed by atoms with Crippen molar-refractivity contribution in [3.05, 3.63) is 30.6 Å². The number of halogens is 4. The van der Waals surface area contributed by atoms with Crippen LogP contribution in [0, 0.1) is 0 Å². The molecule has 0 saturated heterocycles. The molecule has 0 aliphatic carbocycles. The molecule has 17 heavy (non-hydrogen) atoms.